The highest BCUT2D eigenvalue weighted by Crippen LogP contribution is 2.21. The van der Waals surface area contributed by atoms with Crippen LogP contribution >= 0.6 is 0 Å². The standard InChI is InChI=1S/C13H19NO2/c1-16-13-6-2-4-11(8-13)9-14-7-3-5-12(14)10-15/h2,4,6,8,12,15H,3,5,7,9-10H2,1H3/t12-/m1/s1. The maximum Gasteiger partial charge on any atom is 0.119 e. The Morgan fingerprint density at radius 1 is 1.50 bits per heavy atom. The van der Waals surface area contributed by atoms with Crippen molar-refractivity contribution < 1.29 is 9.84 Å². The number of rotatable bonds is 4. The molecule has 1 saturated heterocycles. The number of hydrogen-bond donors (Lipinski definition) is 1. The molecule has 0 unspecified atom stereocenters. The van der Waals surface area contributed by atoms with Crippen molar-refractivity contribution >= 4 is 0 Å². The van der Waals surface area contributed by atoms with Gasteiger partial charge in [0.2, 0.25) is 0 Å². The van der Waals surface area contributed by atoms with Gasteiger partial charge in [0.25, 0.3) is 0 Å². The minimum Gasteiger partial charge on any atom is -0.497 e. The molecule has 1 aromatic rings. The predicted molar refractivity (Wildman–Crippen MR) is 63.5 cm³/mol. The molecule has 3 heteroatoms. The Kier molecular flexibility index (Phi) is 3.80. The molecule has 0 amide bonds. The summed E-state index contributed by atoms with van der Waals surface area (Å²) in [6, 6.07) is 8.48. The lowest BCUT2D eigenvalue weighted by Gasteiger charge is -2.22. The van der Waals surface area contributed by atoms with E-state index in [0.29, 0.717) is 6.04 Å². The highest BCUT2D eigenvalue weighted by molar-refractivity contribution is 5.28. The molecule has 16 heavy (non-hydrogen) atoms. The van der Waals surface area contributed by atoms with Crippen LogP contribution in [-0.4, -0.2) is 36.3 Å². The van der Waals surface area contributed by atoms with Gasteiger partial charge in [0.05, 0.1) is 13.7 Å². The maximum absolute atomic E-state index is 9.25. The lowest BCUT2D eigenvalue weighted by Crippen LogP contribution is -2.31. The maximum atomic E-state index is 9.25. The van der Waals surface area contributed by atoms with Gasteiger partial charge >= 0.3 is 0 Å². The van der Waals surface area contributed by atoms with E-state index in [0.717, 1.165) is 25.3 Å². The molecule has 1 heterocycles. The van der Waals surface area contributed by atoms with Gasteiger partial charge in [-0.25, -0.2) is 0 Å². The summed E-state index contributed by atoms with van der Waals surface area (Å²) in [5, 5.41) is 9.25. The van der Waals surface area contributed by atoms with Crippen molar-refractivity contribution in [3.8, 4) is 5.75 Å². The SMILES string of the molecule is COc1cccc(CN2CCC[C@@H]2CO)c1. The first-order valence-corrected chi connectivity index (χ1v) is 5.81. The smallest absolute Gasteiger partial charge is 0.119 e. The van der Waals surface area contributed by atoms with Crippen LogP contribution in [-0.2, 0) is 6.54 Å². The van der Waals surface area contributed by atoms with Crippen LogP contribution in [0, 0.1) is 0 Å². The van der Waals surface area contributed by atoms with Crippen LogP contribution in [0.4, 0.5) is 0 Å². The first kappa shape index (κ1) is 11.4. The van der Waals surface area contributed by atoms with Gasteiger partial charge in [0.1, 0.15) is 5.75 Å². The summed E-state index contributed by atoms with van der Waals surface area (Å²) in [4.78, 5) is 2.34. The van der Waals surface area contributed by atoms with E-state index < -0.39 is 0 Å². The summed E-state index contributed by atoms with van der Waals surface area (Å²) in [6.07, 6.45) is 2.30. The summed E-state index contributed by atoms with van der Waals surface area (Å²) in [7, 11) is 1.69. The normalized spacial score (nSPS) is 21.2. The molecule has 1 fully saturated rings. The molecule has 1 aliphatic rings. The van der Waals surface area contributed by atoms with Crippen molar-refractivity contribution in [2.24, 2.45) is 0 Å². The number of methoxy groups -OCH3 is 1. The van der Waals surface area contributed by atoms with Crippen LogP contribution in [0.25, 0.3) is 0 Å². The monoisotopic (exact) mass is 221 g/mol. The summed E-state index contributed by atoms with van der Waals surface area (Å²) < 4.78 is 5.20. The largest absolute Gasteiger partial charge is 0.497 e. The molecule has 1 aliphatic heterocycles. The number of ether oxygens (including phenoxy) is 1. The molecule has 0 bridgehead atoms. The van der Waals surface area contributed by atoms with Crippen molar-refractivity contribution in [2.75, 3.05) is 20.3 Å². The molecule has 1 N–H and O–H groups in total. The van der Waals surface area contributed by atoms with E-state index in [1.165, 1.54) is 12.0 Å². The number of aliphatic hydroxyl groups is 1. The van der Waals surface area contributed by atoms with Gasteiger partial charge in [-0.2, -0.15) is 0 Å². The summed E-state index contributed by atoms with van der Waals surface area (Å²) >= 11 is 0. The van der Waals surface area contributed by atoms with Gasteiger partial charge < -0.3 is 9.84 Å². The first-order valence-electron chi connectivity index (χ1n) is 5.81. The molecule has 0 saturated carbocycles. The zero-order chi connectivity index (χ0) is 11.4. The number of aliphatic hydroxyl groups excluding tert-OH is 1. The third kappa shape index (κ3) is 2.54. The molecule has 1 atom stereocenters. The van der Waals surface area contributed by atoms with Crippen LogP contribution in [0.5, 0.6) is 5.75 Å². The zero-order valence-corrected chi connectivity index (χ0v) is 9.72. The molecule has 0 aliphatic carbocycles. The average molecular weight is 221 g/mol. The van der Waals surface area contributed by atoms with E-state index in [9.17, 15) is 5.11 Å². The fourth-order valence-electron chi connectivity index (χ4n) is 2.32. The van der Waals surface area contributed by atoms with Crippen LogP contribution in [0.3, 0.4) is 0 Å². The highest BCUT2D eigenvalue weighted by Gasteiger charge is 2.23. The Labute approximate surface area is 96.6 Å². The van der Waals surface area contributed by atoms with Crippen LogP contribution < -0.4 is 4.74 Å². The third-order valence-corrected chi connectivity index (χ3v) is 3.23. The number of likely N-dealkylation sites (tertiary alicyclic amines) is 1. The van der Waals surface area contributed by atoms with Crippen molar-refractivity contribution in [1.29, 1.82) is 0 Å². The topological polar surface area (TPSA) is 32.7 Å². The summed E-state index contributed by atoms with van der Waals surface area (Å²) in [6.45, 7) is 2.26. The third-order valence-electron chi connectivity index (χ3n) is 3.23. The van der Waals surface area contributed by atoms with Gasteiger partial charge in [0.15, 0.2) is 0 Å². The number of benzene rings is 1. The Bertz CT molecular complexity index is 340. The molecule has 0 radical (unpaired) electrons. The predicted octanol–water partition coefficient (Wildman–Crippen LogP) is 1.65. The van der Waals surface area contributed by atoms with E-state index in [1.54, 1.807) is 7.11 Å². The number of hydrogen-bond acceptors (Lipinski definition) is 3. The lowest BCUT2D eigenvalue weighted by atomic mass is 10.2. The molecular formula is C13H19NO2. The molecule has 0 spiro atoms. The second-order valence-corrected chi connectivity index (χ2v) is 4.30. The van der Waals surface area contributed by atoms with Gasteiger partial charge in [-0.3, -0.25) is 4.90 Å². The van der Waals surface area contributed by atoms with E-state index >= 15 is 0 Å². The van der Waals surface area contributed by atoms with Gasteiger partial charge in [-0.05, 0) is 37.1 Å². The summed E-state index contributed by atoms with van der Waals surface area (Å²) in [5.41, 5.74) is 1.25. The van der Waals surface area contributed by atoms with Crippen LogP contribution in [0.15, 0.2) is 24.3 Å². The van der Waals surface area contributed by atoms with Crippen molar-refractivity contribution in [3.63, 3.8) is 0 Å². The van der Waals surface area contributed by atoms with Crippen molar-refractivity contribution in [2.45, 2.75) is 25.4 Å². The Morgan fingerprint density at radius 3 is 3.12 bits per heavy atom. The minimum absolute atomic E-state index is 0.268. The Morgan fingerprint density at radius 2 is 2.38 bits per heavy atom. The second-order valence-electron chi connectivity index (χ2n) is 4.30. The quantitative estimate of drug-likeness (QED) is 0.839. The van der Waals surface area contributed by atoms with Crippen molar-refractivity contribution in [1.82, 2.24) is 4.90 Å². The Balaban J connectivity index is 2.02. The fraction of sp³-hybridized carbons (Fsp3) is 0.538. The van der Waals surface area contributed by atoms with E-state index in [1.807, 2.05) is 12.1 Å². The van der Waals surface area contributed by atoms with E-state index in [4.69, 9.17) is 4.74 Å². The molecule has 0 aromatic heterocycles. The molecule has 2 rings (SSSR count). The molecular weight excluding hydrogens is 202 g/mol. The van der Waals surface area contributed by atoms with E-state index in [-0.39, 0.29) is 6.61 Å². The zero-order valence-electron chi connectivity index (χ0n) is 9.72. The van der Waals surface area contributed by atoms with Gasteiger partial charge in [0, 0.05) is 12.6 Å². The number of nitrogens with zero attached hydrogens (tertiary/aromatic N) is 1. The molecule has 1 aromatic carbocycles. The summed E-state index contributed by atoms with van der Waals surface area (Å²) in [5.74, 6) is 0.900. The van der Waals surface area contributed by atoms with Crippen LogP contribution in [0.1, 0.15) is 18.4 Å². The van der Waals surface area contributed by atoms with Crippen LogP contribution in [0.2, 0.25) is 0 Å². The second kappa shape index (κ2) is 5.32. The molecule has 3 nitrogen and oxygen atoms in total. The lowest BCUT2D eigenvalue weighted by molar-refractivity contribution is 0.153. The first-order chi connectivity index (χ1) is 7.83. The highest BCUT2D eigenvalue weighted by atomic mass is 16.5. The minimum atomic E-state index is 0.268. The fourth-order valence-corrected chi connectivity index (χ4v) is 2.32. The van der Waals surface area contributed by atoms with Crippen molar-refractivity contribution in [3.05, 3.63) is 29.8 Å². The van der Waals surface area contributed by atoms with Gasteiger partial charge in [-0.1, -0.05) is 12.1 Å². The Hall–Kier alpha value is -1.06. The molecule has 88 valence electrons. The van der Waals surface area contributed by atoms with E-state index in [2.05, 4.69) is 17.0 Å². The average Bonchev–Trinajstić information content (AvgIpc) is 2.76. The van der Waals surface area contributed by atoms with Gasteiger partial charge in [-0.15, -0.1) is 0 Å².